The molecule has 6 nitrogen and oxygen atoms in total. The third-order valence-electron chi connectivity index (χ3n) is 4.24. The Kier molecular flexibility index (Phi) is 4.20. The number of carbonyl (C=O) groups excluding carboxylic acids is 3. The maximum absolute atomic E-state index is 12.5. The van der Waals surface area contributed by atoms with Crippen LogP contribution in [0.15, 0.2) is 30.3 Å². The van der Waals surface area contributed by atoms with Gasteiger partial charge in [0.1, 0.15) is 0 Å². The molecule has 2 heterocycles. The summed E-state index contributed by atoms with van der Waals surface area (Å²) in [7, 11) is 0. The molecule has 0 aliphatic carbocycles. The summed E-state index contributed by atoms with van der Waals surface area (Å²) >= 11 is 0. The van der Waals surface area contributed by atoms with Crippen molar-refractivity contribution in [2.75, 3.05) is 11.4 Å². The first-order valence-electron chi connectivity index (χ1n) is 7.71. The number of quaternary nitrogens is 1. The zero-order chi connectivity index (χ0) is 15.5. The van der Waals surface area contributed by atoms with Crippen molar-refractivity contribution in [3.63, 3.8) is 0 Å². The molecule has 0 radical (unpaired) electrons. The number of benzene rings is 1. The molecule has 2 saturated heterocycles. The van der Waals surface area contributed by atoms with E-state index in [0.29, 0.717) is 12.2 Å². The number of anilines is 1. The zero-order valence-corrected chi connectivity index (χ0v) is 12.3. The summed E-state index contributed by atoms with van der Waals surface area (Å²) in [5.41, 5.74) is 0.596. The van der Waals surface area contributed by atoms with Crippen LogP contribution >= 0.6 is 0 Å². The number of hydrogen-bond donors (Lipinski definition) is 2. The fourth-order valence-electron chi connectivity index (χ4n) is 3.08. The highest BCUT2D eigenvalue weighted by Crippen LogP contribution is 2.21. The Morgan fingerprint density at radius 1 is 1.05 bits per heavy atom. The van der Waals surface area contributed by atoms with Crippen LogP contribution in [0.3, 0.4) is 0 Å². The van der Waals surface area contributed by atoms with E-state index in [4.69, 9.17) is 0 Å². The highest BCUT2D eigenvalue weighted by Gasteiger charge is 2.44. The van der Waals surface area contributed by atoms with Crippen LogP contribution in [0.25, 0.3) is 0 Å². The van der Waals surface area contributed by atoms with Crippen molar-refractivity contribution in [3.05, 3.63) is 30.3 Å². The molecule has 22 heavy (non-hydrogen) atoms. The number of nitrogens with two attached hydrogens (primary N) is 1. The number of imide groups is 1. The van der Waals surface area contributed by atoms with Crippen molar-refractivity contribution < 1.29 is 19.7 Å². The first-order chi connectivity index (χ1) is 10.7. The van der Waals surface area contributed by atoms with Crippen molar-refractivity contribution in [1.29, 1.82) is 0 Å². The van der Waals surface area contributed by atoms with Crippen LogP contribution < -0.4 is 15.5 Å². The summed E-state index contributed by atoms with van der Waals surface area (Å²) in [6.07, 6.45) is 2.81. The van der Waals surface area contributed by atoms with Gasteiger partial charge in [-0.3, -0.25) is 14.4 Å². The average Bonchev–Trinajstić information content (AvgIpc) is 2.67. The molecule has 2 aliphatic rings. The molecule has 0 spiro atoms. The first-order valence-corrected chi connectivity index (χ1v) is 7.71. The van der Waals surface area contributed by atoms with E-state index >= 15 is 0 Å². The fraction of sp³-hybridized carbons (Fsp3) is 0.438. The minimum Gasteiger partial charge on any atom is -0.351 e. The lowest BCUT2D eigenvalue weighted by atomic mass is 10.1. The maximum atomic E-state index is 12.5. The van der Waals surface area contributed by atoms with Gasteiger partial charge in [-0.1, -0.05) is 18.2 Å². The molecule has 3 rings (SSSR count). The quantitative estimate of drug-likeness (QED) is 0.742. The summed E-state index contributed by atoms with van der Waals surface area (Å²) < 4.78 is 0. The van der Waals surface area contributed by atoms with Gasteiger partial charge in [-0.15, -0.1) is 0 Å². The Labute approximate surface area is 128 Å². The lowest BCUT2D eigenvalue weighted by Gasteiger charge is -2.17. The highest BCUT2D eigenvalue weighted by molar-refractivity contribution is 6.21. The number of hydrogen-bond acceptors (Lipinski definition) is 3. The van der Waals surface area contributed by atoms with E-state index in [-0.39, 0.29) is 30.2 Å². The Morgan fingerprint density at radius 3 is 2.59 bits per heavy atom. The second-order valence-electron chi connectivity index (χ2n) is 5.80. The number of nitrogens with zero attached hydrogens (tertiary/aromatic N) is 1. The molecule has 0 aromatic heterocycles. The van der Waals surface area contributed by atoms with Crippen molar-refractivity contribution in [3.8, 4) is 0 Å². The van der Waals surface area contributed by atoms with Crippen LogP contribution in [0.5, 0.6) is 0 Å². The topological polar surface area (TPSA) is 83.1 Å². The minimum absolute atomic E-state index is 0.0316. The van der Waals surface area contributed by atoms with E-state index in [9.17, 15) is 14.4 Å². The van der Waals surface area contributed by atoms with Gasteiger partial charge in [0.25, 0.3) is 11.8 Å². The predicted molar refractivity (Wildman–Crippen MR) is 79.9 cm³/mol. The molecule has 116 valence electrons. The van der Waals surface area contributed by atoms with Crippen LogP contribution in [0.1, 0.15) is 25.7 Å². The summed E-state index contributed by atoms with van der Waals surface area (Å²) in [5, 5.41) is 4.63. The van der Waals surface area contributed by atoms with E-state index in [1.165, 1.54) is 4.90 Å². The van der Waals surface area contributed by atoms with Crippen molar-refractivity contribution in [2.45, 2.75) is 37.8 Å². The molecule has 0 unspecified atom stereocenters. The molecule has 6 heteroatoms. The van der Waals surface area contributed by atoms with Crippen LogP contribution in [0, 0.1) is 0 Å². The lowest BCUT2D eigenvalue weighted by Crippen LogP contribution is -2.98. The van der Waals surface area contributed by atoms with E-state index in [1.807, 2.05) is 6.07 Å². The van der Waals surface area contributed by atoms with Crippen LogP contribution in [0.2, 0.25) is 0 Å². The highest BCUT2D eigenvalue weighted by atomic mass is 16.2. The summed E-state index contributed by atoms with van der Waals surface area (Å²) in [6, 6.07) is 8.15. The Bertz CT molecular complexity index is 588. The monoisotopic (exact) mass is 302 g/mol. The third kappa shape index (κ3) is 2.87. The van der Waals surface area contributed by atoms with Crippen molar-refractivity contribution >= 4 is 23.4 Å². The second kappa shape index (κ2) is 6.27. The molecular weight excluding hydrogens is 282 g/mol. The van der Waals surface area contributed by atoms with Gasteiger partial charge in [0, 0.05) is 13.0 Å². The third-order valence-corrected chi connectivity index (χ3v) is 4.24. The van der Waals surface area contributed by atoms with Gasteiger partial charge in [-0.25, -0.2) is 4.90 Å². The predicted octanol–water partition coefficient (Wildman–Crippen LogP) is -0.449. The van der Waals surface area contributed by atoms with Gasteiger partial charge >= 0.3 is 0 Å². The average molecular weight is 302 g/mol. The van der Waals surface area contributed by atoms with E-state index in [0.717, 1.165) is 19.3 Å². The van der Waals surface area contributed by atoms with Crippen molar-refractivity contribution in [1.82, 2.24) is 5.32 Å². The smallest absolute Gasteiger partial charge is 0.292 e. The van der Waals surface area contributed by atoms with Gasteiger partial charge in [0.2, 0.25) is 5.91 Å². The number of para-hydroxylation sites is 1. The van der Waals surface area contributed by atoms with Gasteiger partial charge in [-0.2, -0.15) is 0 Å². The van der Waals surface area contributed by atoms with Crippen LogP contribution in [-0.4, -0.2) is 36.3 Å². The van der Waals surface area contributed by atoms with Gasteiger partial charge in [-0.05, 0) is 25.0 Å². The largest absolute Gasteiger partial charge is 0.351 e. The lowest BCUT2D eigenvalue weighted by molar-refractivity contribution is -0.696. The fourth-order valence-corrected chi connectivity index (χ4v) is 3.08. The molecule has 1 aromatic rings. The normalized spacial score (nSPS) is 26.0. The molecule has 2 fully saturated rings. The Hall–Kier alpha value is -2.21. The molecule has 2 aliphatic heterocycles. The summed E-state index contributed by atoms with van der Waals surface area (Å²) in [4.78, 5) is 37.9. The van der Waals surface area contributed by atoms with Crippen LogP contribution in [0.4, 0.5) is 5.69 Å². The molecule has 2 atom stereocenters. The molecular formula is C16H20N3O3+. The number of nitrogens with one attached hydrogen (secondary N) is 1. The van der Waals surface area contributed by atoms with E-state index in [2.05, 4.69) is 5.32 Å². The molecule has 1 aromatic carbocycles. The molecule has 0 saturated carbocycles. The second-order valence-corrected chi connectivity index (χ2v) is 5.80. The van der Waals surface area contributed by atoms with Gasteiger partial charge < -0.3 is 10.6 Å². The number of carbonyl (C=O) groups is 3. The van der Waals surface area contributed by atoms with E-state index < -0.39 is 6.04 Å². The standard InChI is InChI=1S/C16H19N3O3/c20-14-10-13(18-12-8-4-5-9-17-15(12)21)16(22)19(14)11-6-2-1-3-7-11/h1-3,6-7,12-13,18H,4-5,8-10H2,(H,17,21)/p+1/t12-,13+/m0/s1. The molecule has 0 bridgehead atoms. The van der Waals surface area contributed by atoms with Gasteiger partial charge in [0.15, 0.2) is 12.1 Å². The first kappa shape index (κ1) is 14.7. The minimum atomic E-state index is -0.499. The molecule has 3 amide bonds. The number of rotatable bonds is 3. The van der Waals surface area contributed by atoms with Crippen LogP contribution in [-0.2, 0) is 14.4 Å². The zero-order valence-electron chi connectivity index (χ0n) is 12.3. The summed E-state index contributed by atoms with van der Waals surface area (Å²) in [6.45, 7) is 0.691. The summed E-state index contributed by atoms with van der Waals surface area (Å²) in [5.74, 6) is -0.462. The molecule has 3 N–H and O–H groups in total. The SMILES string of the molecule is O=C1NCCCC[C@@H]1[NH2+][C@@H]1CC(=O)N(c2ccccc2)C1=O. The Balaban J connectivity index is 1.72. The van der Waals surface area contributed by atoms with E-state index in [1.54, 1.807) is 29.6 Å². The number of amides is 3. The Morgan fingerprint density at radius 2 is 1.82 bits per heavy atom. The van der Waals surface area contributed by atoms with Crippen molar-refractivity contribution in [2.24, 2.45) is 0 Å². The maximum Gasteiger partial charge on any atom is 0.292 e. The van der Waals surface area contributed by atoms with Gasteiger partial charge in [0.05, 0.1) is 12.1 Å².